The van der Waals surface area contributed by atoms with Crippen LogP contribution in [0.5, 0.6) is 11.5 Å². The highest BCUT2D eigenvalue weighted by Crippen LogP contribution is 2.37. The van der Waals surface area contributed by atoms with Crippen molar-refractivity contribution in [2.75, 3.05) is 6.61 Å². The maximum atomic E-state index is 12.6. The van der Waals surface area contributed by atoms with Crippen molar-refractivity contribution in [1.29, 1.82) is 0 Å². The van der Waals surface area contributed by atoms with Gasteiger partial charge in [0.15, 0.2) is 5.78 Å². The fraction of sp³-hybridized carbons (Fsp3) is 0.278. The summed E-state index contributed by atoms with van der Waals surface area (Å²) in [5, 5.41) is 10.7. The normalized spacial score (nSPS) is 22.4. The SMILES string of the molecule is CC1C(=O)c2ccccc2OC1(C)COc1ccc([N+](=O)[O-])cc1. The van der Waals surface area contributed by atoms with Crippen LogP contribution < -0.4 is 9.47 Å². The molecule has 2 aromatic rings. The number of carbonyl (C=O) groups excluding carboxylic acids is 1. The number of rotatable bonds is 4. The van der Waals surface area contributed by atoms with Gasteiger partial charge in [0.25, 0.3) is 5.69 Å². The van der Waals surface area contributed by atoms with E-state index in [0.29, 0.717) is 17.1 Å². The Morgan fingerprint density at radius 3 is 2.54 bits per heavy atom. The Kier molecular flexibility index (Phi) is 3.97. The van der Waals surface area contributed by atoms with E-state index in [1.54, 1.807) is 12.1 Å². The van der Waals surface area contributed by atoms with Crippen LogP contribution in [0.25, 0.3) is 0 Å². The predicted octanol–water partition coefficient (Wildman–Crippen LogP) is 3.64. The smallest absolute Gasteiger partial charge is 0.269 e. The molecule has 0 aliphatic carbocycles. The summed E-state index contributed by atoms with van der Waals surface area (Å²) in [4.78, 5) is 22.8. The van der Waals surface area contributed by atoms with E-state index in [0.717, 1.165) is 0 Å². The summed E-state index contributed by atoms with van der Waals surface area (Å²) >= 11 is 0. The zero-order valence-corrected chi connectivity index (χ0v) is 13.4. The zero-order chi connectivity index (χ0) is 17.3. The van der Waals surface area contributed by atoms with E-state index < -0.39 is 10.5 Å². The van der Waals surface area contributed by atoms with Crippen LogP contribution in [0.1, 0.15) is 24.2 Å². The number of hydrogen-bond acceptors (Lipinski definition) is 5. The minimum absolute atomic E-state index is 0.0000451. The average molecular weight is 327 g/mol. The second kappa shape index (κ2) is 5.96. The van der Waals surface area contributed by atoms with E-state index >= 15 is 0 Å². The second-order valence-corrected chi connectivity index (χ2v) is 6.04. The van der Waals surface area contributed by atoms with E-state index in [9.17, 15) is 14.9 Å². The molecule has 2 atom stereocenters. The van der Waals surface area contributed by atoms with E-state index in [4.69, 9.17) is 9.47 Å². The molecule has 1 heterocycles. The first kappa shape index (κ1) is 16.0. The molecule has 0 aromatic heterocycles. The number of para-hydroxylation sites is 1. The molecule has 2 aromatic carbocycles. The Labute approximate surface area is 139 Å². The standard InChI is InChI=1S/C18H17NO5/c1-12-17(20)15-5-3-4-6-16(15)24-18(12,2)11-23-14-9-7-13(8-10-14)19(21)22/h3-10,12H,11H2,1-2H3. The number of carbonyl (C=O) groups is 1. The van der Waals surface area contributed by atoms with Gasteiger partial charge in [-0.15, -0.1) is 0 Å². The highest BCUT2D eigenvalue weighted by atomic mass is 16.6. The maximum Gasteiger partial charge on any atom is 0.269 e. The number of Topliss-reactive ketones (excluding diaryl/α,β-unsaturated/α-hetero) is 1. The van der Waals surface area contributed by atoms with E-state index in [1.807, 2.05) is 26.0 Å². The van der Waals surface area contributed by atoms with Crippen LogP contribution in [0.2, 0.25) is 0 Å². The quantitative estimate of drug-likeness (QED) is 0.633. The molecule has 0 radical (unpaired) electrons. The summed E-state index contributed by atoms with van der Waals surface area (Å²) in [6.45, 7) is 3.81. The van der Waals surface area contributed by atoms with E-state index in [2.05, 4.69) is 0 Å². The van der Waals surface area contributed by atoms with Gasteiger partial charge in [-0.1, -0.05) is 19.1 Å². The van der Waals surface area contributed by atoms with Gasteiger partial charge < -0.3 is 9.47 Å². The molecule has 0 spiro atoms. The van der Waals surface area contributed by atoms with Crippen molar-refractivity contribution < 1.29 is 19.2 Å². The van der Waals surface area contributed by atoms with Crippen LogP contribution in [0.3, 0.4) is 0 Å². The largest absolute Gasteiger partial charge is 0.489 e. The number of nitrogens with zero attached hydrogens (tertiary/aromatic N) is 1. The first-order valence-corrected chi connectivity index (χ1v) is 7.60. The van der Waals surface area contributed by atoms with Crippen LogP contribution in [-0.2, 0) is 0 Å². The molecule has 1 aliphatic heterocycles. The molecule has 2 unspecified atom stereocenters. The number of nitro groups is 1. The number of fused-ring (bicyclic) bond motifs is 1. The first-order chi connectivity index (χ1) is 11.4. The van der Waals surface area contributed by atoms with E-state index in [-0.39, 0.29) is 24.0 Å². The van der Waals surface area contributed by atoms with Gasteiger partial charge in [-0.2, -0.15) is 0 Å². The minimum atomic E-state index is -0.812. The van der Waals surface area contributed by atoms with Crippen LogP contribution in [0.4, 0.5) is 5.69 Å². The number of ketones is 1. The monoisotopic (exact) mass is 327 g/mol. The summed E-state index contributed by atoms with van der Waals surface area (Å²) in [7, 11) is 0. The lowest BCUT2D eigenvalue weighted by Crippen LogP contribution is -2.51. The third kappa shape index (κ3) is 2.82. The number of non-ortho nitro benzene ring substituents is 1. The fourth-order valence-electron chi connectivity index (χ4n) is 2.65. The molecule has 24 heavy (non-hydrogen) atoms. The number of benzene rings is 2. The maximum absolute atomic E-state index is 12.6. The Balaban J connectivity index is 1.77. The molecule has 0 saturated carbocycles. The molecule has 6 nitrogen and oxygen atoms in total. The lowest BCUT2D eigenvalue weighted by atomic mass is 9.82. The first-order valence-electron chi connectivity index (χ1n) is 7.60. The van der Waals surface area contributed by atoms with Gasteiger partial charge in [0.1, 0.15) is 23.7 Å². The molecule has 0 amide bonds. The molecule has 0 bridgehead atoms. The molecular formula is C18H17NO5. The topological polar surface area (TPSA) is 78.7 Å². The van der Waals surface area contributed by atoms with Gasteiger partial charge >= 0.3 is 0 Å². The van der Waals surface area contributed by atoms with Crippen LogP contribution >= 0.6 is 0 Å². The third-order valence-corrected chi connectivity index (χ3v) is 4.38. The van der Waals surface area contributed by atoms with Crippen molar-refractivity contribution in [2.24, 2.45) is 5.92 Å². The lowest BCUT2D eigenvalue weighted by molar-refractivity contribution is -0.384. The highest BCUT2D eigenvalue weighted by Gasteiger charge is 2.44. The van der Waals surface area contributed by atoms with Crippen molar-refractivity contribution >= 4 is 11.5 Å². The molecule has 0 fully saturated rings. The summed E-state index contributed by atoms with van der Waals surface area (Å²) in [6, 6.07) is 13.0. The van der Waals surface area contributed by atoms with Gasteiger partial charge in [0, 0.05) is 12.1 Å². The van der Waals surface area contributed by atoms with Crippen molar-refractivity contribution in [3.05, 3.63) is 64.2 Å². The number of hydrogen-bond donors (Lipinski definition) is 0. The van der Waals surface area contributed by atoms with Gasteiger partial charge in [-0.05, 0) is 31.2 Å². The molecule has 3 rings (SSSR count). The minimum Gasteiger partial charge on any atom is -0.489 e. The summed E-state index contributed by atoms with van der Waals surface area (Å²) in [5.41, 5.74) is -0.231. The third-order valence-electron chi connectivity index (χ3n) is 4.38. The Bertz CT molecular complexity index is 786. The van der Waals surface area contributed by atoms with Crippen LogP contribution in [-0.4, -0.2) is 22.9 Å². The molecule has 0 N–H and O–H groups in total. The number of nitro benzene ring substituents is 1. The van der Waals surface area contributed by atoms with Crippen molar-refractivity contribution in [1.82, 2.24) is 0 Å². The van der Waals surface area contributed by atoms with E-state index in [1.165, 1.54) is 24.3 Å². The van der Waals surface area contributed by atoms with Crippen molar-refractivity contribution in [3.8, 4) is 11.5 Å². The molecule has 124 valence electrons. The predicted molar refractivity (Wildman–Crippen MR) is 87.6 cm³/mol. The summed E-state index contributed by atoms with van der Waals surface area (Å²) in [5.74, 6) is 0.691. The fourth-order valence-corrected chi connectivity index (χ4v) is 2.65. The zero-order valence-electron chi connectivity index (χ0n) is 13.4. The van der Waals surface area contributed by atoms with Gasteiger partial charge in [0.05, 0.1) is 16.4 Å². The molecule has 6 heteroatoms. The summed E-state index contributed by atoms with van der Waals surface area (Å²) in [6.07, 6.45) is 0. The second-order valence-electron chi connectivity index (χ2n) is 6.04. The highest BCUT2D eigenvalue weighted by molar-refractivity contribution is 6.01. The van der Waals surface area contributed by atoms with Gasteiger partial charge in [0.2, 0.25) is 0 Å². The Morgan fingerprint density at radius 2 is 1.88 bits per heavy atom. The Hall–Kier alpha value is -2.89. The van der Waals surface area contributed by atoms with Crippen molar-refractivity contribution in [2.45, 2.75) is 19.4 Å². The van der Waals surface area contributed by atoms with Crippen molar-refractivity contribution in [3.63, 3.8) is 0 Å². The van der Waals surface area contributed by atoms with Gasteiger partial charge in [-0.25, -0.2) is 0 Å². The van der Waals surface area contributed by atoms with Crippen LogP contribution in [0.15, 0.2) is 48.5 Å². The molecule has 0 saturated heterocycles. The molecular weight excluding hydrogens is 310 g/mol. The Morgan fingerprint density at radius 1 is 1.21 bits per heavy atom. The van der Waals surface area contributed by atoms with Gasteiger partial charge in [-0.3, -0.25) is 14.9 Å². The molecule has 1 aliphatic rings. The summed E-state index contributed by atoms with van der Waals surface area (Å²) < 4.78 is 11.7. The van der Waals surface area contributed by atoms with Crippen LogP contribution in [0, 0.1) is 16.0 Å². The number of ether oxygens (including phenoxy) is 2. The lowest BCUT2D eigenvalue weighted by Gasteiger charge is -2.39. The average Bonchev–Trinajstić information content (AvgIpc) is 2.58.